The first-order valence-electron chi connectivity index (χ1n) is 4.86. The Hall–Kier alpha value is -1.06. The number of ether oxygens (including phenoxy) is 2. The van der Waals surface area contributed by atoms with Gasteiger partial charge in [0.1, 0.15) is 0 Å². The average Bonchev–Trinajstić information content (AvgIpc) is 2.18. The molecule has 0 aliphatic heterocycles. The normalized spacial score (nSPS) is 38.7. The molecule has 0 amide bonds. The molecule has 0 radical (unpaired) electrons. The Labute approximate surface area is 82.6 Å². The lowest BCUT2D eigenvalue weighted by Crippen LogP contribution is -2.59. The summed E-state index contributed by atoms with van der Waals surface area (Å²) in [6, 6.07) is 0. The number of hydrogen-bond donors (Lipinski definition) is 0. The molecule has 2 saturated carbocycles. The quantitative estimate of drug-likeness (QED) is 0.610. The molecular formula is C10H14O4. The van der Waals surface area contributed by atoms with Gasteiger partial charge in [-0.25, -0.2) is 0 Å². The van der Waals surface area contributed by atoms with Gasteiger partial charge in [-0.1, -0.05) is 0 Å². The highest BCUT2D eigenvalue weighted by Gasteiger charge is 2.62. The van der Waals surface area contributed by atoms with Crippen LogP contribution >= 0.6 is 0 Å². The summed E-state index contributed by atoms with van der Waals surface area (Å²) >= 11 is 0. The maximum atomic E-state index is 11.4. The molecule has 4 nitrogen and oxygen atoms in total. The van der Waals surface area contributed by atoms with Crippen molar-refractivity contribution < 1.29 is 19.1 Å². The van der Waals surface area contributed by atoms with E-state index in [9.17, 15) is 9.59 Å². The zero-order chi connectivity index (χ0) is 10.3. The number of hydrogen-bond acceptors (Lipinski definition) is 4. The fourth-order valence-electron chi connectivity index (χ4n) is 2.75. The second-order valence-corrected chi connectivity index (χ2v) is 4.00. The van der Waals surface area contributed by atoms with Gasteiger partial charge in [-0.05, 0) is 24.7 Å². The largest absolute Gasteiger partial charge is 0.469 e. The van der Waals surface area contributed by atoms with Crippen LogP contribution in [0.1, 0.15) is 12.8 Å². The van der Waals surface area contributed by atoms with E-state index in [1.165, 1.54) is 14.2 Å². The second-order valence-electron chi connectivity index (χ2n) is 4.00. The highest BCUT2D eigenvalue weighted by Crippen LogP contribution is 2.58. The number of fused-ring (bicyclic) bond motifs is 1. The number of esters is 2. The molecular weight excluding hydrogens is 184 g/mol. The number of rotatable bonds is 2. The molecule has 0 N–H and O–H groups in total. The van der Waals surface area contributed by atoms with Crippen molar-refractivity contribution in [3.8, 4) is 0 Å². The van der Waals surface area contributed by atoms with Crippen LogP contribution < -0.4 is 0 Å². The Morgan fingerprint density at radius 2 is 1.29 bits per heavy atom. The van der Waals surface area contributed by atoms with Crippen molar-refractivity contribution in [3.05, 3.63) is 0 Å². The number of carbonyl (C=O) groups is 2. The summed E-state index contributed by atoms with van der Waals surface area (Å²) in [5.41, 5.74) is 0. The Bertz CT molecular complexity index is 245. The van der Waals surface area contributed by atoms with Crippen LogP contribution in [0.5, 0.6) is 0 Å². The standard InChI is InChI=1S/C10H14O4/c1-13-9(11)7-5-3-4-6(5)8(7)10(12)14-2/h5-8H,3-4H2,1-2H3/t5-,6+,7-,8-/m1/s1. The van der Waals surface area contributed by atoms with E-state index < -0.39 is 0 Å². The Morgan fingerprint density at radius 3 is 1.50 bits per heavy atom. The Balaban J connectivity index is 2.08. The topological polar surface area (TPSA) is 52.6 Å². The van der Waals surface area contributed by atoms with E-state index in [4.69, 9.17) is 0 Å². The monoisotopic (exact) mass is 198 g/mol. The third-order valence-electron chi connectivity index (χ3n) is 3.64. The minimum Gasteiger partial charge on any atom is -0.469 e. The average molecular weight is 198 g/mol. The molecule has 0 aromatic carbocycles. The van der Waals surface area contributed by atoms with Crippen LogP contribution in [0, 0.1) is 23.7 Å². The third kappa shape index (κ3) is 1.06. The van der Waals surface area contributed by atoms with Gasteiger partial charge in [0, 0.05) is 0 Å². The Kier molecular flexibility index (Phi) is 2.21. The van der Waals surface area contributed by atoms with Crippen molar-refractivity contribution in [2.24, 2.45) is 23.7 Å². The highest BCUT2D eigenvalue weighted by molar-refractivity contribution is 5.85. The molecule has 4 atom stereocenters. The van der Waals surface area contributed by atoms with E-state index >= 15 is 0 Å². The molecule has 14 heavy (non-hydrogen) atoms. The second kappa shape index (κ2) is 3.26. The predicted octanol–water partition coefficient (Wildman–Crippen LogP) is 0.605. The maximum Gasteiger partial charge on any atom is 0.309 e. The third-order valence-corrected chi connectivity index (χ3v) is 3.64. The molecule has 0 spiro atoms. The summed E-state index contributed by atoms with van der Waals surface area (Å²) < 4.78 is 9.37. The smallest absolute Gasteiger partial charge is 0.309 e. The molecule has 2 fully saturated rings. The van der Waals surface area contributed by atoms with Crippen LogP contribution in [0.2, 0.25) is 0 Å². The van der Waals surface area contributed by atoms with Crippen LogP contribution in [0.15, 0.2) is 0 Å². The molecule has 0 unspecified atom stereocenters. The molecule has 2 rings (SSSR count). The van der Waals surface area contributed by atoms with Crippen LogP contribution in [0.4, 0.5) is 0 Å². The molecule has 0 aromatic rings. The van der Waals surface area contributed by atoms with Crippen LogP contribution in [-0.4, -0.2) is 26.2 Å². The fourth-order valence-corrected chi connectivity index (χ4v) is 2.75. The minimum atomic E-state index is -0.263. The van der Waals surface area contributed by atoms with Gasteiger partial charge in [-0.3, -0.25) is 9.59 Å². The van der Waals surface area contributed by atoms with E-state index in [1.54, 1.807) is 0 Å². The van der Waals surface area contributed by atoms with Gasteiger partial charge in [-0.2, -0.15) is 0 Å². The summed E-state index contributed by atoms with van der Waals surface area (Å²) in [5.74, 6) is -0.279. The lowest BCUT2D eigenvalue weighted by atomic mass is 9.47. The van der Waals surface area contributed by atoms with Gasteiger partial charge in [-0.15, -0.1) is 0 Å². The lowest BCUT2D eigenvalue weighted by Gasteiger charge is -2.56. The summed E-state index contributed by atoms with van der Waals surface area (Å²) in [4.78, 5) is 22.8. The first-order chi connectivity index (χ1) is 6.70. The van der Waals surface area contributed by atoms with Crippen molar-refractivity contribution in [1.82, 2.24) is 0 Å². The van der Waals surface area contributed by atoms with Gasteiger partial charge in [0.05, 0.1) is 26.1 Å². The maximum absolute atomic E-state index is 11.4. The Morgan fingerprint density at radius 1 is 0.929 bits per heavy atom. The first-order valence-corrected chi connectivity index (χ1v) is 4.86. The van der Waals surface area contributed by atoms with E-state index in [-0.39, 0.29) is 23.8 Å². The molecule has 0 heterocycles. The molecule has 78 valence electrons. The van der Waals surface area contributed by atoms with E-state index in [0.29, 0.717) is 11.8 Å². The lowest BCUT2D eigenvalue weighted by molar-refractivity contribution is -0.191. The van der Waals surface area contributed by atoms with Gasteiger partial charge in [0.25, 0.3) is 0 Å². The van der Waals surface area contributed by atoms with E-state index in [1.807, 2.05) is 0 Å². The SMILES string of the molecule is COC(=O)[C@@H]1[C@@H]2CC[C@@H]2[C@H]1C(=O)OC. The molecule has 2 aliphatic rings. The summed E-state index contributed by atoms with van der Waals surface area (Å²) in [5, 5.41) is 0. The zero-order valence-electron chi connectivity index (χ0n) is 8.36. The van der Waals surface area contributed by atoms with Crippen molar-refractivity contribution in [3.63, 3.8) is 0 Å². The molecule has 0 saturated heterocycles. The summed E-state index contributed by atoms with van der Waals surface area (Å²) in [7, 11) is 2.73. The van der Waals surface area contributed by atoms with Gasteiger partial charge in [0.15, 0.2) is 0 Å². The highest BCUT2D eigenvalue weighted by atomic mass is 16.5. The minimum absolute atomic E-state index is 0.244. The van der Waals surface area contributed by atoms with Gasteiger partial charge < -0.3 is 9.47 Å². The van der Waals surface area contributed by atoms with Crippen LogP contribution in [-0.2, 0) is 19.1 Å². The predicted molar refractivity (Wildman–Crippen MR) is 47.2 cm³/mol. The zero-order valence-corrected chi connectivity index (χ0v) is 8.36. The number of methoxy groups -OCH3 is 2. The van der Waals surface area contributed by atoms with Crippen LogP contribution in [0.3, 0.4) is 0 Å². The molecule has 2 aliphatic carbocycles. The van der Waals surface area contributed by atoms with Crippen molar-refractivity contribution in [1.29, 1.82) is 0 Å². The summed E-state index contributed by atoms with van der Waals surface area (Å²) in [6.07, 6.45) is 2.08. The van der Waals surface area contributed by atoms with Crippen molar-refractivity contribution in [2.45, 2.75) is 12.8 Å². The van der Waals surface area contributed by atoms with E-state index in [2.05, 4.69) is 9.47 Å². The molecule has 0 bridgehead atoms. The van der Waals surface area contributed by atoms with Gasteiger partial charge in [0.2, 0.25) is 0 Å². The van der Waals surface area contributed by atoms with Crippen LogP contribution in [0.25, 0.3) is 0 Å². The van der Waals surface area contributed by atoms with Crippen molar-refractivity contribution >= 4 is 11.9 Å². The fraction of sp³-hybridized carbons (Fsp3) is 0.800. The van der Waals surface area contributed by atoms with Gasteiger partial charge >= 0.3 is 11.9 Å². The summed E-state index contributed by atoms with van der Waals surface area (Å²) in [6.45, 7) is 0. The van der Waals surface area contributed by atoms with Crippen molar-refractivity contribution in [2.75, 3.05) is 14.2 Å². The molecule has 0 aromatic heterocycles. The number of carbonyl (C=O) groups excluding carboxylic acids is 2. The molecule has 4 heteroatoms. The first kappa shape index (κ1) is 9.49. The van der Waals surface area contributed by atoms with E-state index in [0.717, 1.165) is 12.8 Å².